The summed E-state index contributed by atoms with van der Waals surface area (Å²) >= 11 is 0. The van der Waals surface area contributed by atoms with Crippen LogP contribution in [0.1, 0.15) is 178 Å². The van der Waals surface area contributed by atoms with Crippen molar-refractivity contribution in [2.24, 2.45) is 0 Å². The molecule has 2 atom stereocenters. The van der Waals surface area contributed by atoms with Crippen LogP contribution in [0.3, 0.4) is 0 Å². The number of unbranched alkanes of at least 4 members (excludes halogenated alkanes) is 18. The molecule has 59 heavy (non-hydrogen) atoms. The van der Waals surface area contributed by atoms with Crippen LogP contribution in [0, 0.1) is 0 Å². The molecule has 0 amide bonds. The number of nitrogens with zero attached hydrogens (tertiary/aromatic N) is 3. The SMILES string of the molecule is CCCCCCCCCCCCC(O)CN(CCCC(=O)Oc1c(OC)cc(C(=O)OCCN2CCN(C)CC2)cc1OC)CC(O)CCCCCCCCCCCC. The molecule has 0 saturated carbocycles. The molecule has 0 spiro atoms. The number of benzene rings is 1. The highest BCUT2D eigenvalue weighted by Gasteiger charge is 2.23. The summed E-state index contributed by atoms with van der Waals surface area (Å²) < 4.78 is 22.4. The van der Waals surface area contributed by atoms with Gasteiger partial charge in [-0.15, -0.1) is 0 Å². The number of hydrogen-bond donors (Lipinski definition) is 2. The van der Waals surface area contributed by atoms with Crippen molar-refractivity contribution in [2.75, 3.05) is 80.2 Å². The lowest BCUT2D eigenvalue weighted by Crippen LogP contribution is -2.45. The van der Waals surface area contributed by atoms with Crippen molar-refractivity contribution in [1.29, 1.82) is 0 Å². The van der Waals surface area contributed by atoms with E-state index < -0.39 is 24.1 Å². The third-order valence-electron chi connectivity index (χ3n) is 11.7. The van der Waals surface area contributed by atoms with Crippen molar-refractivity contribution >= 4 is 11.9 Å². The molecule has 1 aliphatic rings. The van der Waals surface area contributed by atoms with E-state index in [-0.39, 0.29) is 35.8 Å². The Balaban J connectivity index is 1.87. The molecule has 2 unspecified atom stereocenters. The number of aliphatic hydroxyl groups is 2. The lowest BCUT2D eigenvalue weighted by molar-refractivity contribution is -0.134. The zero-order valence-electron chi connectivity index (χ0n) is 38.3. The van der Waals surface area contributed by atoms with Gasteiger partial charge in [-0.25, -0.2) is 4.79 Å². The first-order valence-corrected chi connectivity index (χ1v) is 23.8. The van der Waals surface area contributed by atoms with Gasteiger partial charge in [-0.2, -0.15) is 0 Å². The van der Waals surface area contributed by atoms with Crippen LogP contribution in [-0.2, 0) is 9.53 Å². The van der Waals surface area contributed by atoms with Gasteiger partial charge in [0.25, 0.3) is 0 Å². The Hall–Kier alpha value is -2.44. The molecule has 1 aromatic rings. The molecule has 0 aromatic heterocycles. The second kappa shape index (κ2) is 34.2. The second-order valence-electron chi connectivity index (χ2n) is 17.1. The van der Waals surface area contributed by atoms with E-state index in [1.807, 2.05) is 0 Å². The third-order valence-corrected chi connectivity index (χ3v) is 11.7. The summed E-state index contributed by atoms with van der Waals surface area (Å²) in [6.45, 7) is 10.8. The van der Waals surface area contributed by atoms with E-state index in [9.17, 15) is 19.8 Å². The number of esters is 2. The van der Waals surface area contributed by atoms with Crippen molar-refractivity contribution in [3.8, 4) is 17.2 Å². The fourth-order valence-electron chi connectivity index (χ4n) is 7.90. The highest BCUT2D eigenvalue weighted by atomic mass is 16.6. The number of methoxy groups -OCH3 is 2. The number of carbonyl (C=O) groups excluding carboxylic acids is 2. The molecule has 2 rings (SSSR count). The maximum atomic E-state index is 13.2. The van der Waals surface area contributed by atoms with E-state index in [4.69, 9.17) is 18.9 Å². The zero-order chi connectivity index (χ0) is 42.9. The van der Waals surface area contributed by atoms with Crippen molar-refractivity contribution in [1.82, 2.24) is 14.7 Å². The smallest absolute Gasteiger partial charge is 0.338 e. The Kier molecular flexibility index (Phi) is 30.5. The Morgan fingerprint density at radius 1 is 0.661 bits per heavy atom. The normalized spacial score (nSPS) is 14.7. The van der Waals surface area contributed by atoms with Crippen molar-refractivity contribution in [2.45, 2.75) is 180 Å². The monoisotopic (exact) mass is 834 g/mol. The Morgan fingerprint density at radius 3 is 1.54 bits per heavy atom. The molecule has 1 fully saturated rings. The lowest BCUT2D eigenvalue weighted by atomic mass is 10.0. The van der Waals surface area contributed by atoms with E-state index in [0.29, 0.717) is 32.6 Å². The molecule has 2 N–H and O–H groups in total. The zero-order valence-corrected chi connectivity index (χ0v) is 38.3. The van der Waals surface area contributed by atoms with Gasteiger partial charge in [0.1, 0.15) is 6.61 Å². The average Bonchev–Trinajstić information content (AvgIpc) is 3.22. The summed E-state index contributed by atoms with van der Waals surface area (Å²) in [5.74, 6) is -0.434. The number of ether oxygens (including phenoxy) is 4. The number of piperazine rings is 1. The third kappa shape index (κ3) is 25.2. The summed E-state index contributed by atoms with van der Waals surface area (Å²) in [5.41, 5.74) is 0.250. The van der Waals surface area contributed by atoms with Crippen LogP contribution in [0.2, 0.25) is 0 Å². The largest absolute Gasteiger partial charge is 0.493 e. The van der Waals surface area contributed by atoms with Gasteiger partial charge in [0.15, 0.2) is 11.5 Å². The number of likely N-dealkylation sites (N-methyl/N-ethyl adjacent to an activating group) is 1. The van der Waals surface area contributed by atoms with Gasteiger partial charge >= 0.3 is 11.9 Å². The van der Waals surface area contributed by atoms with E-state index in [2.05, 4.69) is 35.6 Å². The fourth-order valence-corrected chi connectivity index (χ4v) is 7.90. The molecule has 1 heterocycles. The minimum Gasteiger partial charge on any atom is -0.493 e. The molecule has 1 aliphatic heterocycles. The molecule has 0 radical (unpaired) electrons. The first kappa shape index (κ1) is 52.7. The maximum Gasteiger partial charge on any atom is 0.338 e. The van der Waals surface area contributed by atoms with E-state index in [0.717, 1.165) is 64.7 Å². The Labute approximate surface area is 359 Å². The van der Waals surface area contributed by atoms with Crippen molar-refractivity contribution < 1.29 is 38.7 Å². The molecular weight excluding hydrogens is 747 g/mol. The summed E-state index contributed by atoms with van der Waals surface area (Å²) in [7, 11) is 5.01. The molecule has 1 saturated heterocycles. The maximum absolute atomic E-state index is 13.2. The summed E-state index contributed by atoms with van der Waals surface area (Å²) in [4.78, 5) is 32.8. The van der Waals surface area contributed by atoms with Crippen molar-refractivity contribution in [3.63, 3.8) is 0 Å². The fraction of sp³-hybridized carbons (Fsp3) is 0.833. The van der Waals surface area contributed by atoms with Crippen LogP contribution in [0.5, 0.6) is 17.2 Å². The number of hydrogen-bond acceptors (Lipinski definition) is 11. The van der Waals surface area contributed by atoms with Crippen LogP contribution in [0.4, 0.5) is 0 Å². The molecule has 11 heteroatoms. The standard InChI is InChI=1S/C48H87N3O8/c1-6-8-10-12-14-16-18-20-22-24-27-42(52)39-51(40-43(53)28-25-23-21-19-17-15-13-11-9-7-2)30-26-29-46(54)59-47-44(56-4)37-41(38-45(47)57-5)48(55)58-36-35-50-33-31-49(3)32-34-50/h37-38,42-43,52-53H,6-36,39-40H2,1-5H3. The molecular formula is C48H87N3O8. The van der Waals surface area contributed by atoms with Gasteiger partial charge in [0.2, 0.25) is 5.75 Å². The second-order valence-corrected chi connectivity index (χ2v) is 17.1. The summed E-state index contributed by atoms with van der Waals surface area (Å²) in [5, 5.41) is 22.1. The average molecular weight is 834 g/mol. The van der Waals surface area contributed by atoms with Gasteiger partial charge in [0, 0.05) is 52.2 Å². The Bertz CT molecular complexity index is 1150. The molecule has 0 bridgehead atoms. The topological polar surface area (TPSA) is 121 Å². The summed E-state index contributed by atoms with van der Waals surface area (Å²) in [6, 6.07) is 3.02. The van der Waals surface area contributed by atoms with Crippen molar-refractivity contribution in [3.05, 3.63) is 17.7 Å². The highest BCUT2D eigenvalue weighted by molar-refractivity contribution is 5.91. The Morgan fingerprint density at radius 2 is 1.10 bits per heavy atom. The first-order chi connectivity index (χ1) is 28.7. The lowest BCUT2D eigenvalue weighted by Gasteiger charge is -2.32. The van der Waals surface area contributed by atoms with E-state index in [1.165, 1.54) is 129 Å². The van der Waals surface area contributed by atoms with Crippen LogP contribution in [0.25, 0.3) is 0 Å². The van der Waals surface area contributed by atoms with Gasteiger partial charge in [0.05, 0.1) is 32.0 Å². The predicted octanol–water partition coefficient (Wildman–Crippen LogP) is 9.44. The molecule has 0 aliphatic carbocycles. The quantitative estimate of drug-likeness (QED) is 0.0379. The predicted molar refractivity (Wildman–Crippen MR) is 240 cm³/mol. The van der Waals surface area contributed by atoms with Crippen LogP contribution in [-0.4, -0.2) is 129 Å². The van der Waals surface area contributed by atoms with Crippen LogP contribution in [0.15, 0.2) is 12.1 Å². The first-order valence-electron chi connectivity index (χ1n) is 23.8. The van der Waals surface area contributed by atoms with Gasteiger partial charge in [-0.05, 0) is 45.0 Å². The highest BCUT2D eigenvalue weighted by Crippen LogP contribution is 2.39. The van der Waals surface area contributed by atoms with Gasteiger partial charge in [-0.3, -0.25) is 14.6 Å². The molecule has 11 nitrogen and oxygen atoms in total. The van der Waals surface area contributed by atoms with Crippen LogP contribution < -0.4 is 14.2 Å². The van der Waals surface area contributed by atoms with Gasteiger partial charge < -0.3 is 34.1 Å². The minimum absolute atomic E-state index is 0.115. The number of rotatable bonds is 37. The van der Waals surface area contributed by atoms with E-state index in [1.54, 1.807) is 0 Å². The van der Waals surface area contributed by atoms with Crippen LogP contribution >= 0.6 is 0 Å². The van der Waals surface area contributed by atoms with Gasteiger partial charge in [-0.1, -0.05) is 142 Å². The number of aliphatic hydroxyl groups excluding tert-OH is 2. The molecule has 342 valence electrons. The number of carbonyl (C=O) groups is 2. The molecule has 1 aromatic carbocycles. The summed E-state index contributed by atoms with van der Waals surface area (Å²) in [6.07, 6.45) is 26.2. The van der Waals surface area contributed by atoms with E-state index >= 15 is 0 Å². The minimum atomic E-state index is -0.501.